The van der Waals surface area contributed by atoms with E-state index in [1.165, 1.54) is 96.3 Å². The zero-order valence-corrected chi connectivity index (χ0v) is 35.6. The van der Waals surface area contributed by atoms with Crippen molar-refractivity contribution in [3.8, 4) is 0 Å². The molecular formula is C44H82NO8P. The number of carbonyl (C=O) groups is 2. The van der Waals surface area contributed by atoms with Gasteiger partial charge in [0, 0.05) is 19.4 Å². The third-order valence-corrected chi connectivity index (χ3v) is 10.3. The molecular weight excluding hydrogens is 701 g/mol. The molecule has 0 rings (SSSR count). The van der Waals surface area contributed by atoms with E-state index in [2.05, 4.69) is 55.6 Å². The van der Waals surface area contributed by atoms with Crippen LogP contribution >= 0.6 is 7.82 Å². The summed E-state index contributed by atoms with van der Waals surface area (Å²) in [6.45, 7) is 3.44. The molecule has 10 heteroatoms. The summed E-state index contributed by atoms with van der Waals surface area (Å²) in [7, 11) is -4.42. The molecule has 0 aromatic carbocycles. The average molecular weight is 784 g/mol. The number of nitrogens with one attached hydrogen (secondary N) is 1. The van der Waals surface area contributed by atoms with Gasteiger partial charge in [0.2, 0.25) is 5.91 Å². The van der Waals surface area contributed by atoms with E-state index >= 15 is 0 Å². The number of hydrogen-bond donors (Lipinski definition) is 3. The van der Waals surface area contributed by atoms with E-state index in [0.29, 0.717) is 6.42 Å². The molecule has 0 bridgehead atoms. The highest BCUT2D eigenvalue weighted by Crippen LogP contribution is 2.42. The standard InChI is InChI=1S/C44H82NO8P/c1-3-5-7-9-11-13-15-17-19-20-21-23-25-27-29-31-33-35-37-44(48)51-40-42(46)41-53-54(49,50)52-39-38-45-43(47)36-34-32-30-28-26-24-22-18-16-14-12-10-8-6-4-2/h6,8,12,14,18,22,42,46H,3-5,7,9-11,13,15-17,19-21,23-41H2,1-2H3,(H,45,47)(H,49,50)/b8-6-,14-12-,22-18-. The third-order valence-electron chi connectivity index (χ3n) is 9.33. The van der Waals surface area contributed by atoms with E-state index in [1.807, 2.05) is 0 Å². The minimum atomic E-state index is -4.42. The van der Waals surface area contributed by atoms with E-state index in [9.17, 15) is 24.2 Å². The van der Waals surface area contributed by atoms with Crippen LogP contribution in [0.15, 0.2) is 36.5 Å². The molecule has 0 radical (unpaired) electrons. The SMILES string of the molecule is CC/C=C\C/C=C\C/C=C\CCCCCCCC(=O)NCCOP(=O)(O)OCC(O)COC(=O)CCCCCCCCCCCCCCCCCCCC. The number of aliphatic hydroxyl groups is 1. The third kappa shape index (κ3) is 41.4. The molecule has 0 aliphatic rings. The van der Waals surface area contributed by atoms with Gasteiger partial charge in [-0.25, -0.2) is 4.57 Å². The number of amides is 1. The molecule has 0 aliphatic heterocycles. The van der Waals surface area contributed by atoms with Crippen LogP contribution in [0, 0.1) is 0 Å². The molecule has 0 saturated carbocycles. The minimum absolute atomic E-state index is 0.0727. The maximum Gasteiger partial charge on any atom is 0.472 e. The molecule has 0 aromatic rings. The van der Waals surface area contributed by atoms with Gasteiger partial charge in [-0.2, -0.15) is 0 Å². The molecule has 0 aliphatic carbocycles. The van der Waals surface area contributed by atoms with Gasteiger partial charge in [-0.3, -0.25) is 18.6 Å². The van der Waals surface area contributed by atoms with E-state index in [1.54, 1.807) is 0 Å². The Morgan fingerprint density at radius 1 is 0.593 bits per heavy atom. The van der Waals surface area contributed by atoms with Gasteiger partial charge in [0.1, 0.15) is 12.7 Å². The zero-order chi connectivity index (χ0) is 39.6. The number of rotatable bonds is 41. The predicted octanol–water partition coefficient (Wildman–Crippen LogP) is 12.2. The van der Waals surface area contributed by atoms with Crippen molar-refractivity contribution in [2.24, 2.45) is 0 Å². The lowest BCUT2D eigenvalue weighted by atomic mass is 10.0. The quantitative estimate of drug-likeness (QED) is 0.0242. The Kier molecular flexibility index (Phi) is 39.5. The monoisotopic (exact) mass is 784 g/mol. The van der Waals surface area contributed by atoms with Crippen LogP contribution in [0.1, 0.15) is 200 Å². The summed E-state index contributed by atoms with van der Waals surface area (Å²) in [4.78, 5) is 33.9. The Balaban J connectivity index is 3.59. The van der Waals surface area contributed by atoms with Crippen LogP contribution in [0.3, 0.4) is 0 Å². The first-order chi connectivity index (χ1) is 26.3. The molecule has 0 fully saturated rings. The smallest absolute Gasteiger partial charge is 0.463 e. The van der Waals surface area contributed by atoms with Gasteiger partial charge >= 0.3 is 13.8 Å². The number of phosphoric acid groups is 1. The fourth-order valence-corrected chi connectivity index (χ4v) is 6.80. The topological polar surface area (TPSA) is 131 Å². The fourth-order valence-electron chi connectivity index (χ4n) is 6.04. The van der Waals surface area contributed by atoms with E-state index < -0.39 is 26.5 Å². The van der Waals surface area contributed by atoms with Crippen LogP contribution in [-0.2, 0) is 27.9 Å². The van der Waals surface area contributed by atoms with Crippen molar-refractivity contribution < 1.29 is 37.9 Å². The molecule has 2 atom stereocenters. The highest BCUT2D eigenvalue weighted by Gasteiger charge is 2.23. The Morgan fingerprint density at radius 2 is 1.06 bits per heavy atom. The van der Waals surface area contributed by atoms with Crippen molar-refractivity contribution in [2.75, 3.05) is 26.4 Å². The van der Waals surface area contributed by atoms with Crippen molar-refractivity contribution in [3.63, 3.8) is 0 Å². The van der Waals surface area contributed by atoms with Crippen molar-refractivity contribution in [1.82, 2.24) is 5.32 Å². The summed E-state index contributed by atoms with van der Waals surface area (Å²) < 4.78 is 26.9. The number of esters is 1. The molecule has 9 nitrogen and oxygen atoms in total. The molecule has 316 valence electrons. The molecule has 3 N–H and O–H groups in total. The predicted molar refractivity (Wildman–Crippen MR) is 224 cm³/mol. The van der Waals surface area contributed by atoms with E-state index in [4.69, 9.17) is 13.8 Å². The van der Waals surface area contributed by atoms with Crippen LogP contribution in [0.4, 0.5) is 0 Å². The van der Waals surface area contributed by atoms with Crippen LogP contribution < -0.4 is 5.32 Å². The first kappa shape index (κ1) is 52.2. The van der Waals surface area contributed by atoms with Gasteiger partial charge in [0.25, 0.3) is 0 Å². The van der Waals surface area contributed by atoms with Crippen LogP contribution in [-0.4, -0.2) is 54.3 Å². The molecule has 54 heavy (non-hydrogen) atoms. The normalized spacial score (nSPS) is 13.6. The van der Waals surface area contributed by atoms with E-state index in [0.717, 1.165) is 77.0 Å². The van der Waals surface area contributed by atoms with Gasteiger partial charge in [0.15, 0.2) is 0 Å². The Labute approximate surface area is 331 Å². The molecule has 0 heterocycles. The lowest BCUT2D eigenvalue weighted by Crippen LogP contribution is -2.27. The molecule has 0 spiro atoms. The van der Waals surface area contributed by atoms with Crippen LogP contribution in [0.5, 0.6) is 0 Å². The maximum atomic E-state index is 12.1. The lowest BCUT2D eigenvalue weighted by Gasteiger charge is -2.15. The van der Waals surface area contributed by atoms with Crippen molar-refractivity contribution in [1.29, 1.82) is 0 Å². The first-order valence-corrected chi connectivity index (χ1v) is 23.5. The number of carbonyl (C=O) groups excluding carboxylic acids is 2. The van der Waals surface area contributed by atoms with Crippen LogP contribution in [0.2, 0.25) is 0 Å². The van der Waals surface area contributed by atoms with Crippen molar-refractivity contribution >= 4 is 19.7 Å². The second-order valence-corrected chi connectivity index (χ2v) is 16.1. The van der Waals surface area contributed by atoms with Crippen molar-refractivity contribution in [3.05, 3.63) is 36.5 Å². The van der Waals surface area contributed by atoms with Gasteiger partial charge in [-0.05, 0) is 44.9 Å². The maximum absolute atomic E-state index is 12.1. The fraction of sp³-hybridized carbons (Fsp3) is 0.818. The summed E-state index contributed by atoms with van der Waals surface area (Å²) in [6, 6.07) is 0. The summed E-state index contributed by atoms with van der Waals surface area (Å²) in [5.41, 5.74) is 0. The zero-order valence-electron chi connectivity index (χ0n) is 34.7. The Morgan fingerprint density at radius 3 is 1.59 bits per heavy atom. The molecule has 1 amide bonds. The molecule has 2 unspecified atom stereocenters. The van der Waals surface area contributed by atoms with E-state index in [-0.39, 0.29) is 32.1 Å². The van der Waals surface area contributed by atoms with Gasteiger partial charge in [0.05, 0.1) is 13.2 Å². The van der Waals surface area contributed by atoms with Crippen molar-refractivity contribution in [2.45, 2.75) is 206 Å². The molecule has 0 saturated heterocycles. The van der Waals surface area contributed by atoms with Crippen LogP contribution in [0.25, 0.3) is 0 Å². The number of hydrogen-bond acceptors (Lipinski definition) is 7. The summed E-state index contributed by atoms with van der Waals surface area (Å²) in [5, 5.41) is 12.7. The second-order valence-electron chi connectivity index (χ2n) is 14.6. The lowest BCUT2D eigenvalue weighted by molar-refractivity contribution is -0.147. The summed E-state index contributed by atoms with van der Waals surface area (Å²) in [5.74, 6) is -0.529. The Hall–Kier alpha value is -1.77. The number of phosphoric ester groups is 1. The van der Waals surface area contributed by atoms with Gasteiger partial charge in [-0.1, -0.05) is 179 Å². The largest absolute Gasteiger partial charge is 0.472 e. The number of allylic oxidation sites excluding steroid dienone is 6. The second kappa shape index (κ2) is 40.9. The number of aliphatic hydroxyl groups excluding tert-OH is 1. The highest BCUT2D eigenvalue weighted by atomic mass is 31.2. The van der Waals surface area contributed by atoms with Gasteiger partial charge in [-0.15, -0.1) is 0 Å². The Bertz CT molecular complexity index is 986. The average Bonchev–Trinajstić information content (AvgIpc) is 3.16. The minimum Gasteiger partial charge on any atom is -0.463 e. The first-order valence-electron chi connectivity index (χ1n) is 22.0. The van der Waals surface area contributed by atoms with Gasteiger partial charge < -0.3 is 20.1 Å². The molecule has 0 aromatic heterocycles. The number of ether oxygens (including phenoxy) is 1. The summed E-state index contributed by atoms with van der Waals surface area (Å²) in [6.07, 6.45) is 45.0. The number of unbranched alkanes of at least 4 members (excludes halogenated alkanes) is 22. The highest BCUT2D eigenvalue weighted by molar-refractivity contribution is 7.47. The summed E-state index contributed by atoms with van der Waals surface area (Å²) >= 11 is 0.